The highest BCUT2D eigenvalue weighted by Crippen LogP contribution is 2.24. The molecule has 0 aliphatic carbocycles. The lowest BCUT2D eigenvalue weighted by Crippen LogP contribution is -2.44. The minimum atomic E-state index is -3.76. The minimum Gasteiger partial charge on any atom is -0.369 e. The number of rotatable bonds is 7. The van der Waals surface area contributed by atoms with Crippen LogP contribution in [-0.2, 0) is 16.6 Å². The maximum Gasteiger partial charge on any atom is 0.255 e. The molecule has 1 amide bonds. The van der Waals surface area contributed by atoms with Crippen molar-refractivity contribution in [1.82, 2.24) is 9.62 Å². The summed E-state index contributed by atoms with van der Waals surface area (Å²) in [6.07, 6.45) is 0. The first-order valence-corrected chi connectivity index (χ1v) is 12.8. The van der Waals surface area contributed by atoms with E-state index in [-0.39, 0.29) is 22.9 Å². The summed E-state index contributed by atoms with van der Waals surface area (Å²) >= 11 is 0. The molecule has 7 nitrogen and oxygen atoms in total. The Labute approximate surface area is 201 Å². The number of carbonyl (C=O) groups excluding carboxylic acids is 1. The topological polar surface area (TPSA) is 81.8 Å². The quantitative estimate of drug-likeness (QED) is 0.543. The highest BCUT2D eigenvalue weighted by Gasteiger charge is 2.18. The van der Waals surface area contributed by atoms with Crippen molar-refractivity contribution in [3.63, 3.8) is 0 Å². The molecule has 0 atom stereocenters. The molecule has 0 saturated carbocycles. The Morgan fingerprint density at radius 1 is 0.912 bits per heavy atom. The first-order valence-electron chi connectivity index (χ1n) is 11.3. The summed E-state index contributed by atoms with van der Waals surface area (Å²) in [6.45, 7) is 6.14. The fraction of sp³-hybridized carbons (Fsp3) is 0.269. The molecule has 0 bridgehead atoms. The van der Waals surface area contributed by atoms with Gasteiger partial charge < -0.3 is 15.1 Å². The third-order valence-electron chi connectivity index (χ3n) is 6.04. The summed E-state index contributed by atoms with van der Waals surface area (Å²) in [5.74, 6) is -0.351. The third-order valence-corrected chi connectivity index (χ3v) is 7.44. The highest BCUT2D eigenvalue weighted by molar-refractivity contribution is 7.89. The molecule has 3 aromatic carbocycles. The maximum absolute atomic E-state index is 12.9. The Morgan fingerprint density at radius 3 is 2.35 bits per heavy atom. The Kier molecular flexibility index (Phi) is 7.31. The van der Waals surface area contributed by atoms with Crippen molar-refractivity contribution in [3.05, 3.63) is 89.5 Å². The second-order valence-corrected chi connectivity index (χ2v) is 10.3. The number of likely N-dealkylation sites (N-methyl/N-ethyl adjacent to an activating group) is 1. The predicted octanol–water partition coefficient (Wildman–Crippen LogP) is 3.48. The standard InChI is InChI=1S/C26H30N4O3S/c1-20-17-23(30-15-13-29(2)14-16-30)11-12-25(20)28-26(31)22-9-6-10-24(18-22)34(32,33)27-19-21-7-4-3-5-8-21/h3-12,17-18,27H,13-16,19H2,1-2H3,(H,28,31). The molecule has 34 heavy (non-hydrogen) atoms. The van der Waals surface area contributed by atoms with Gasteiger partial charge in [0, 0.05) is 49.7 Å². The molecular weight excluding hydrogens is 448 g/mol. The fourth-order valence-electron chi connectivity index (χ4n) is 3.91. The van der Waals surface area contributed by atoms with Crippen molar-refractivity contribution >= 4 is 27.3 Å². The zero-order chi connectivity index (χ0) is 24.1. The van der Waals surface area contributed by atoms with Gasteiger partial charge in [0.05, 0.1) is 4.90 Å². The average Bonchev–Trinajstić information content (AvgIpc) is 2.85. The third kappa shape index (κ3) is 5.83. The summed E-state index contributed by atoms with van der Waals surface area (Å²) < 4.78 is 28.1. The van der Waals surface area contributed by atoms with Gasteiger partial charge in [-0.1, -0.05) is 36.4 Å². The van der Waals surface area contributed by atoms with Gasteiger partial charge in [0.25, 0.3) is 5.91 Å². The van der Waals surface area contributed by atoms with E-state index in [0.29, 0.717) is 5.69 Å². The van der Waals surface area contributed by atoms with E-state index in [4.69, 9.17) is 0 Å². The van der Waals surface area contributed by atoms with E-state index in [0.717, 1.165) is 43.0 Å². The number of piperazine rings is 1. The van der Waals surface area contributed by atoms with Crippen LogP contribution in [0.25, 0.3) is 0 Å². The van der Waals surface area contributed by atoms with Crippen molar-refractivity contribution in [1.29, 1.82) is 0 Å². The average molecular weight is 479 g/mol. The number of sulfonamides is 1. The molecule has 0 aromatic heterocycles. The van der Waals surface area contributed by atoms with E-state index in [1.54, 1.807) is 12.1 Å². The number of nitrogens with zero attached hydrogens (tertiary/aromatic N) is 2. The Balaban J connectivity index is 1.44. The van der Waals surface area contributed by atoms with Crippen LogP contribution in [0.4, 0.5) is 11.4 Å². The molecule has 1 saturated heterocycles. The normalized spacial score (nSPS) is 14.7. The second-order valence-electron chi connectivity index (χ2n) is 8.58. The summed E-state index contributed by atoms with van der Waals surface area (Å²) in [5, 5.41) is 2.92. The number of anilines is 2. The number of carbonyl (C=O) groups is 1. The van der Waals surface area contributed by atoms with Gasteiger partial charge in [-0.05, 0) is 61.5 Å². The van der Waals surface area contributed by atoms with E-state index < -0.39 is 10.0 Å². The van der Waals surface area contributed by atoms with Gasteiger partial charge in [0.2, 0.25) is 10.0 Å². The van der Waals surface area contributed by atoms with Crippen molar-refractivity contribution < 1.29 is 13.2 Å². The molecule has 4 rings (SSSR count). The van der Waals surface area contributed by atoms with Crippen LogP contribution in [0.5, 0.6) is 0 Å². The number of nitrogens with one attached hydrogen (secondary N) is 2. The first-order chi connectivity index (χ1) is 16.3. The van der Waals surface area contributed by atoms with Gasteiger partial charge in [-0.3, -0.25) is 4.79 Å². The lowest BCUT2D eigenvalue weighted by atomic mass is 10.1. The second kappa shape index (κ2) is 10.4. The summed E-state index contributed by atoms with van der Waals surface area (Å²) in [7, 11) is -1.63. The Hall–Kier alpha value is -3.20. The zero-order valence-corrected chi connectivity index (χ0v) is 20.3. The number of hydrogen-bond acceptors (Lipinski definition) is 5. The van der Waals surface area contributed by atoms with E-state index in [1.165, 1.54) is 12.1 Å². The number of benzene rings is 3. The molecule has 3 aromatic rings. The molecule has 0 unspecified atom stereocenters. The minimum absolute atomic E-state index is 0.0539. The summed E-state index contributed by atoms with van der Waals surface area (Å²) in [6, 6.07) is 21.4. The highest BCUT2D eigenvalue weighted by atomic mass is 32.2. The molecule has 1 aliphatic rings. The van der Waals surface area contributed by atoms with Crippen LogP contribution in [-0.4, -0.2) is 52.5 Å². The number of hydrogen-bond donors (Lipinski definition) is 2. The fourth-order valence-corrected chi connectivity index (χ4v) is 4.97. The van der Waals surface area contributed by atoms with Crippen LogP contribution in [0.15, 0.2) is 77.7 Å². The molecule has 0 radical (unpaired) electrons. The van der Waals surface area contributed by atoms with Crippen molar-refractivity contribution in [2.75, 3.05) is 43.4 Å². The van der Waals surface area contributed by atoms with Crippen LogP contribution < -0.4 is 14.9 Å². The molecule has 1 fully saturated rings. The first kappa shape index (κ1) is 23.9. The van der Waals surface area contributed by atoms with E-state index >= 15 is 0 Å². The van der Waals surface area contributed by atoms with Gasteiger partial charge in [0.15, 0.2) is 0 Å². The number of aryl methyl sites for hydroxylation is 1. The van der Waals surface area contributed by atoms with Crippen LogP contribution in [0.2, 0.25) is 0 Å². The lowest BCUT2D eigenvalue weighted by Gasteiger charge is -2.34. The van der Waals surface area contributed by atoms with Gasteiger partial charge in [0.1, 0.15) is 0 Å². The van der Waals surface area contributed by atoms with Crippen molar-refractivity contribution in [2.24, 2.45) is 0 Å². The number of amides is 1. The molecule has 178 valence electrons. The summed E-state index contributed by atoms with van der Waals surface area (Å²) in [5.41, 5.74) is 3.94. The molecular formula is C26H30N4O3S. The lowest BCUT2D eigenvalue weighted by molar-refractivity contribution is 0.102. The SMILES string of the molecule is Cc1cc(N2CCN(C)CC2)ccc1NC(=O)c1cccc(S(=O)(=O)NCc2ccccc2)c1. The molecule has 1 heterocycles. The summed E-state index contributed by atoms with van der Waals surface area (Å²) in [4.78, 5) is 17.6. The van der Waals surface area contributed by atoms with Gasteiger partial charge in [-0.15, -0.1) is 0 Å². The van der Waals surface area contributed by atoms with E-state index in [2.05, 4.69) is 33.0 Å². The molecule has 8 heteroatoms. The zero-order valence-electron chi connectivity index (χ0n) is 19.5. The Bertz CT molecular complexity index is 1250. The van der Waals surface area contributed by atoms with Crippen molar-refractivity contribution in [2.45, 2.75) is 18.4 Å². The molecule has 2 N–H and O–H groups in total. The van der Waals surface area contributed by atoms with Crippen LogP contribution in [0, 0.1) is 6.92 Å². The van der Waals surface area contributed by atoms with E-state index in [9.17, 15) is 13.2 Å². The monoisotopic (exact) mass is 478 g/mol. The van der Waals surface area contributed by atoms with Crippen LogP contribution >= 0.6 is 0 Å². The van der Waals surface area contributed by atoms with Gasteiger partial charge in [-0.25, -0.2) is 13.1 Å². The van der Waals surface area contributed by atoms with Gasteiger partial charge >= 0.3 is 0 Å². The van der Waals surface area contributed by atoms with Crippen molar-refractivity contribution in [3.8, 4) is 0 Å². The largest absolute Gasteiger partial charge is 0.369 e. The van der Waals surface area contributed by atoms with Gasteiger partial charge in [-0.2, -0.15) is 0 Å². The van der Waals surface area contributed by atoms with E-state index in [1.807, 2.05) is 49.4 Å². The van der Waals surface area contributed by atoms with Crippen LogP contribution in [0.3, 0.4) is 0 Å². The molecule has 1 aliphatic heterocycles. The Morgan fingerprint density at radius 2 is 1.65 bits per heavy atom. The molecule has 0 spiro atoms. The smallest absolute Gasteiger partial charge is 0.255 e. The van der Waals surface area contributed by atoms with Crippen LogP contribution in [0.1, 0.15) is 21.5 Å². The maximum atomic E-state index is 12.9. The predicted molar refractivity (Wildman–Crippen MR) is 136 cm³/mol.